The largest absolute Gasteiger partial charge is 0.378 e. The van der Waals surface area contributed by atoms with E-state index in [9.17, 15) is 28.1 Å². The number of nitro benzene ring substituents is 1. The number of aromatic amines is 1. The number of carbonyl (C=O) groups excluding carboxylic acids is 1. The number of aryl methyl sites for hydroxylation is 1. The summed E-state index contributed by atoms with van der Waals surface area (Å²) >= 11 is 0.639. The number of nitro groups is 1. The average Bonchev–Trinajstić information content (AvgIpc) is 3.17. The summed E-state index contributed by atoms with van der Waals surface area (Å²) in [6.45, 7) is 3.93. The van der Waals surface area contributed by atoms with Crippen LogP contribution in [0.15, 0.2) is 27.2 Å². The number of anilines is 1. The van der Waals surface area contributed by atoms with Gasteiger partial charge in [-0.15, -0.1) is 0 Å². The van der Waals surface area contributed by atoms with Gasteiger partial charge in [0.25, 0.3) is 21.6 Å². The van der Waals surface area contributed by atoms with Crippen molar-refractivity contribution in [2.45, 2.75) is 11.1 Å². The first-order valence-electron chi connectivity index (χ1n) is 10.3. The van der Waals surface area contributed by atoms with Crippen LogP contribution in [0.25, 0.3) is 0 Å². The van der Waals surface area contributed by atoms with Crippen LogP contribution in [0.3, 0.4) is 0 Å². The first-order valence-corrected chi connectivity index (χ1v) is 12.5. The number of hydrogen-bond donors (Lipinski definition) is 1. The van der Waals surface area contributed by atoms with Crippen LogP contribution in [0.2, 0.25) is 0 Å². The minimum atomic E-state index is -3.84. The number of H-pyrrole nitrogens is 1. The lowest BCUT2D eigenvalue weighted by Crippen LogP contribution is -2.50. The van der Waals surface area contributed by atoms with Crippen molar-refractivity contribution < 1.29 is 22.9 Å². The molecule has 2 aliphatic rings. The van der Waals surface area contributed by atoms with Gasteiger partial charge >= 0.3 is 4.87 Å². The van der Waals surface area contributed by atoms with Crippen molar-refractivity contribution in [3.63, 3.8) is 0 Å². The van der Waals surface area contributed by atoms with Gasteiger partial charge in [-0.2, -0.15) is 4.31 Å². The number of carbonyl (C=O) groups is 1. The number of aromatic nitrogens is 1. The van der Waals surface area contributed by atoms with E-state index in [0.717, 1.165) is 0 Å². The summed E-state index contributed by atoms with van der Waals surface area (Å²) in [4.78, 5) is 41.0. The lowest BCUT2D eigenvalue weighted by molar-refractivity contribution is -0.384. The molecule has 1 N–H and O–H groups in total. The maximum absolute atomic E-state index is 13.0. The maximum atomic E-state index is 13.0. The van der Waals surface area contributed by atoms with E-state index in [4.69, 9.17) is 4.74 Å². The van der Waals surface area contributed by atoms with E-state index in [2.05, 4.69) is 4.98 Å². The highest BCUT2D eigenvalue weighted by Gasteiger charge is 2.33. The SMILES string of the molecule is Cc1[nH]c(=O)sc1S(=O)(=O)N1CCN(C(=O)c2ccc(N3CCOCC3)c([N+](=O)[O-])c2)CC1. The van der Waals surface area contributed by atoms with Crippen molar-refractivity contribution >= 4 is 38.6 Å². The van der Waals surface area contributed by atoms with Gasteiger partial charge in [0.2, 0.25) is 0 Å². The van der Waals surface area contributed by atoms with Gasteiger partial charge in [-0.1, -0.05) is 11.3 Å². The van der Waals surface area contributed by atoms with E-state index < -0.39 is 25.7 Å². The highest BCUT2D eigenvalue weighted by molar-refractivity contribution is 7.91. The number of sulfonamides is 1. The van der Waals surface area contributed by atoms with Crippen LogP contribution in [0.5, 0.6) is 0 Å². The Bertz CT molecular complexity index is 1230. The molecule has 0 spiro atoms. The molecule has 0 bridgehead atoms. The minimum absolute atomic E-state index is 0.0263. The Labute approximate surface area is 193 Å². The Morgan fingerprint density at radius 1 is 1.15 bits per heavy atom. The highest BCUT2D eigenvalue weighted by Crippen LogP contribution is 2.31. The van der Waals surface area contributed by atoms with Crippen LogP contribution in [0, 0.1) is 17.0 Å². The van der Waals surface area contributed by atoms with E-state index in [1.54, 1.807) is 12.1 Å². The van der Waals surface area contributed by atoms with Crippen LogP contribution < -0.4 is 9.77 Å². The number of hydrogen-bond acceptors (Lipinski definition) is 9. The van der Waals surface area contributed by atoms with E-state index >= 15 is 0 Å². The normalized spacial score (nSPS) is 17.8. The molecule has 1 amide bonds. The van der Waals surface area contributed by atoms with Gasteiger partial charge in [-0.05, 0) is 19.1 Å². The standard InChI is InChI=1S/C19H23N5O7S2/c1-13-18(32-19(26)20-13)33(29,30)23-6-4-22(5-7-23)17(25)14-2-3-15(16(12-14)24(27)28)21-8-10-31-11-9-21/h2-3,12H,4-11H2,1H3,(H,20,26). The summed E-state index contributed by atoms with van der Waals surface area (Å²) < 4.78 is 32.2. The molecule has 2 aromatic rings. The molecule has 0 saturated carbocycles. The second-order valence-corrected chi connectivity index (χ2v) is 10.8. The number of rotatable bonds is 5. The number of nitrogens with zero attached hydrogens (tertiary/aromatic N) is 4. The molecule has 2 fully saturated rings. The number of morpholine rings is 1. The second kappa shape index (κ2) is 9.21. The van der Waals surface area contributed by atoms with Crippen LogP contribution in [-0.2, 0) is 14.8 Å². The van der Waals surface area contributed by atoms with Crippen LogP contribution in [0.4, 0.5) is 11.4 Å². The monoisotopic (exact) mass is 497 g/mol. The quantitative estimate of drug-likeness (QED) is 0.468. The maximum Gasteiger partial charge on any atom is 0.305 e. The zero-order valence-corrected chi connectivity index (χ0v) is 19.5. The molecule has 4 rings (SSSR count). The lowest BCUT2D eigenvalue weighted by atomic mass is 10.1. The van der Waals surface area contributed by atoms with Crippen molar-refractivity contribution in [3.05, 3.63) is 49.2 Å². The number of amides is 1. The van der Waals surface area contributed by atoms with Crippen molar-refractivity contribution in [2.24, 2.45) is 0 Å². The van der Waals surface area contributed by atoms with Crippen molar-refractivity contribution in [1.82, 2.24) is 14.2 Å². The molecule has 178 valence electrons. The number of ether oxygens (including phenoxy) is 1. The Balaban J connectivity index is 1.48. The molecule has 1 aromatic carbocycles. The Morgan fingerprint density at radius 2 is 1.82 bits per heavy atom. The number of thiazole rings is 1. The first-order chi connectivity index (χ1) is 15.7. The van der Waals surface area contributed by atoms with E-state index in [0.29, 0.717) is 43.3 Å². The van der Waals surface area contributed by atoms with Gasteiger partial charge in [0.15, 0.2) is 4.21 Å². The van der Waals surface area contributed by atoms with Crippen LogP contribution >= 0.6 is 11.3 Å². The van der Waals surface area contributed by atoms with Crippen LogP contribution in [0.1, 0.15) is 16.1 Å². The predicted molar refractivity (Wildman–Crippen MR) is 120 cm³/mol. The minimum Gasteiger partial charge on any atom is -0.378 e. The molecule has 0 unspecified atom stereocenters. The summed E-state index contributed by atoms with van der Waals surface area (Å²) in [5, 5.41) is 11.7. The van der Waals surface area contributed by atoms with Gasteiger partial charge in [0.1, 0.15) is 5.69 Å². The zero-order chi connectivity index (χ0) is 23.8. The van der Waals surface area contributed by atoms with E-state index in [1.165, 1.54) is 22.2 Å². The second-order valence-electron chi connectivity index (χ2n) is 7.68. The molecule has 1 aromatic heterocycles. The molecule has 0 aliphatic carbocycles. The molecule has 2 aliphatic heterocycles. The Morgan fingerprint density at radius 3 is 2.39 bits per heavy atom. The highest BCUT2D eigenvalue weighted by atomic mass is 32.2. The fraction of sp³-hybridized carbons (Fsp3) is 0.474. The summed E-state index contributed by atoms with van der Waals surface area (Å²) in [6, 6.07) is 4.41. The van der Waals surface area contributed by atoms with E-state index in [-0.39, 0.29) is 47.3 Å². The van der Waals surface area contributed by atoms with E-state index in [1.807, 2.05) is 4.90 Å². The zero-order valence-electron chi connectivity index (χ0n) is 17.9. The molecule has 33 heavy (non-hydrogen) atoms. The third kappa shape index (κ3) is 4.64. The summed E-state index contributed by atoms with van der Waals surface area (Å²) in [5.41, 5.74) is 0.754. The molecule has 0 radical (unpaired) electrons. The van der Waals surface area contributed by atoms with Gasteiger partial charge in [-0.3, -0.25) is 19.7 Å². The lowest BCUT2D eigenvalue weighted by Gasteiger charge is -2.34. The van der Waals surface area contributed by atoms with Gasteiger partial charge in [0, 0.05) is 56.6 Å². The smallest absolute Gasteiger partial charge is 0.305 e. The molecule has 0 atom stereocenters. The molecule has 3 heterocycles. The third-order valence-corrected chi connectivity index (χ3v) is 9.13. The molecular formula is C19H23N5O7S2. The third-order valence-electron chi connectivity index (χ3n) is 5.65. The molecule has 12 nitrogen and oxygen atoms in total. The van der Waals surface area contributed by atoms with Crippen molar-refractivity contribution in [1.29, 1.82) is 0 Å². The first kappa shape index (κ1) is 23.4. The van der Waals surface area contributed by atoms with Crippen molar-refractivity contribution in [2.75, 3.05) is 57.4 Å². The average molecular weight is 498 g/mol. The van der Waals surface area contributed by atoms with Gasteiger partial charge < -0.3 is 19.5 Å². The summed E-state index contributed by atoms with van der Waals surface area (Å²) in [6.07, 6.45) is 0. The fourth-order valence-corrected chi connectivity index (χ4v) is 6.80. The number of piperazine rings is 1. The Kier molecular flexibility index (Phi) is 6.52. The number of nitrogens with one attached hydrogen (secondary N) is 1. The predicted octanol–water partition coefficient (Wildman–Crippen LogP) is 0.636. The fourth-order valence-electron chi connectivity index (χ4n) is 3.94. The summed E-state index contributed by atoms with van der Waals surface area (Å²) in [5.74, 6) is -0.397. The van der Waals surface area contributed by atoms with Gasteiger partial charge in [0.05, 0.1) is 18.1 Å². The molecule has 14 heteroatoms. The number of benzene rings is 1. The van der Waals surface area contributed by atoms with Gasteiger partial charge in [-0.25, -0.2) is 8.42 Å². The van der Waals surface area contributed by atoms with Crippen molar-refractivity contribution in [3.8, 4) is 0 Å². The topological polar surface area (TPSA) is 146 Å². The summed E-state index contributed by atoms with van der Waals surface area (Å²) in [7, 11) is -3.84. The molecular weight excluding hydrogens is 474 g/mol. The Hall–Kier alpha value is -2.81. The molecule has 2 saturated heterocycles. The van der Waals surface area contributed by atoms with Crippen LogP contribution in [-0.4, -0.2) is 85.9 Å².